The van der Waals surface area contributed by atoms with Gasteiger partial charge in [-0.15, -0.1) is 24.0 Å². The maximum Gasteiger partial charge on any atom is 0.193 e. The van der Waals surface area contributed by atoms with Crippen molar-refractivity contribution < 1.29 is 14.2 Å². The third-order valence-corrected chi connectivity index (χ3v) is 4.63. The van der Waals surface area contributed by atoms with E-state index in [9.17, 15) is 0 Å². The third kappa shape index (κ3) is 6.37. The Hall–Kier alpha value is -0.900. The van der Waals surface area contributed by atoms with Crippen LogP contribution in [0.2, 0.25) is 0 Å². The van der Waals surface area contributed by atoms with Gasteiger partial charge in [0.25, 0.3) is 0 Å². The first-order valence-corrected chi connectivity index (χ1v) is 9.17. The van der Waals surface area contributed by atoms with Gasteiger partial charge < -0.3 is 24.4 Å². The van der Waals surface area contributed by atoms with Crippen molar-refractivity contribution in [1.29, 1.82) is 0 Å². The van der Waals surface area contributed by atoms with Crippen LogP contribution in [0.3, 0.4) is 0 Å². The zero-order valence-corrected chi connectivity index (χ0v) is 17.8. The first-order valence-electron chi connectivity index (χ1n) is 9.17. The molecule has 1 N–H and O–H groups in total. The smallest absolute Gasteiger partial charge is 0.193 e. The van der Waals surface area contributed by atoms with Gasteiger partial charge in [0.2, 0.25) is 0 Å². The summed E-state index contributed by atoms with van der Waals surface area (Å²) < 4.78 is 17.4. The lowest BCUT2D eigenvalue weighted by atomic mass is 10.1. The van der Waals surface area contributed by atoms with Gasteiger partial charge in [0, 0.05) is 33.3 Å². The topological polar surface area (TPSA) is 55.3 Å². The van der Waals surface area contributed by atoms with Crippen molar-refractivity contribution in [3.05, 3.63) is 35.9 Å². The van der Waals surface area contributed by atoms with Crippen LogP contribution in [0.25, 0.3) is 0 Å². The van der Waals surface area contributed by atoms with Crippen LogP contribution in [-0.2, 0) is 20.8 Å². The Morgan fingerprint density at radius 1 is 1.23 bits per heavy atom. The largest absolute Gasteiger partial charge is 0.375 e. The molecule has 2 heterocycles. The van der Waals surface area contributed by atoms with Crippen LogP contribution in [0, 0.1) is 0 Å². The monoisotopic (exact) mass is 475 g/mol. The van der Waals surface area contributed by atoms with Crippen LogP contribution in [0.5, 0.6) is 0 Å². The molecule has 6 nitrogen and oxygen atoms in total. The summed E-state index contributed by atoms with van der Waals surface area (Å²) in [5.41, 5.74) is 1.19. The predicted molar refractivity (Wildman–Crippen MR) is 113 cm³/mol. The van der Waals surface area contributed by atoms with Gasteiger partial charge in [0.1, 0.15) is 6.10 Å². The minimum Gasteiger partial charge on any atom is -0.375 e. The number of hydrogen-bond acceptors (Lipinski definition) is 4. The molecule has 0 spiro atoms. The van der Waals surface area contributed by atoms with E-state index in [-0.39, 0.29) is 36.2 Å². The SMILES string of the molecule is CN=C(NCCOCc1ccccc1)N1CCOC(C2CCCO2)C1.I. The minimum absolute atomic E-state index is 0. The molecule has 146 valence electrons. The van der Waals surface area contributed by atoms with E-state index in [1.54, 1.807) is 0 Å². The summed E-state index contributed by atoms with van der Waals surface area (Å²) in [6.07, 6.45) is 2.60. The number of hydrogen-bond donors (Lipinski definition) is 1. The molecule has 2 aliphatic rings. The van der Waals surface area contributed by atoms with Gasteiger partial charge in [-0.2, -0.15) is 0 Å². The van der Waals surface area contributed by atoms with Gasteiger partial charge in [0.15, 0.2) is 5.96 Å². The molecule has 2 fully saturated rings. The van der Waals surface area contributed by atoms with E-state index in [1.807, 2.05) is 25.2 Å². The van der Waals surface area contributed by atoms with E-state index in [0.29, 0.717) is 13.2 Å². The molecule has 2 atom stereocenters. The van der Waals surface area contributed by atoms with Crippen LogP contribution < -0.4 is 5.32 Å². The molecule has 0 aromatic heterocycles. The summed E-state index contributed by atoms with van der Waals surface area (Å²) in [4.78, 5) is 6.67. The lowest BCUT2D eigenvalue weighted by Gasteiger charge is -2.37. The standard InChI is InChI=1S/C19H29N3O3.HI/c1-20-19(21-9-12-23-15-16-6-3-2-4-7-16)22-10-13-25-18(14-22)17-8-5-11-24-17;/h2-4,6-7,17-18H,5,8-15H2,1H3,(H,20,21);1H. The van der Waals surface area contributed by atoms with E-state index in [0.717, 1.165) is 51.6 Å². The van der Waals surface area contributed by atoms with E-state index < -0.39 is 0 Å². The van der Waals surface area contributed by atoms with Gasteiger partial charge in [-0.05, 0) is 18.4 Å². The van der Waals surface area contributed by atoms with Crippen molar-refractivity contribution in [2.24, 2.45) is 4.99 Å². The number of rotatable bonds is 6. The second-order valence-electron chi connectivity index (χ2n) is 6.42. The van der Waals surface area contributed by atoms with Gasteiger partial charge in [-0.25, -0.2) is 0 Å². The van der Waals surface area contributed by atoms with Crippen molar-refractivity contribution in [3.8, 4) is 0 Å². The first-order chi connectivity index (χ1) is 12.4. The maximum atomic E-state index is 5.90. The van der Waals surface area contributed by atoms with E-state index in [1.165, 1.54) is 5.56 Å². The Balaban J connectivity index is 0.00000243. The Labute approximate surface area is 173 Å². The van der Waals surface area contributed by atoms with Gasteiger partial charge >= 0.3 is 0 Å². The number of benzene rings is 1. The summed E-state index contributed by atoms with van der Waals surface area (Å²) in [5.74, 6) is 0.912. The highest BCUT2D eigenvalue weighted by atomic mass is 127. The lowest BCUT2D eigenvalue weighted by Crippen LogP contribution is -2.53. The summed E-state index contributed by atoms with van der Waals surface area (Å²) in [5, 5.41) is 3.39. The van der Waals surface area contributed by atoms with Crippen LogP contribution in [-0.4, -0.2) is 69.6 Å². The molecule has 2 saturated heterocycles. The van der Waals surface area contributed by atoms with E-state index in [2.05, 4.69) is 27.3 Å². The highest BCUT2D eigenvalue weighted by Gasteiger charge is 2.32. The fourth-order valence-electron chi connectivity index (χ4n) is 3.32. The molecule has 1 aromatic rings. The fourth-order valence-corrected chi connectivity index (χ4v) is 3.32. The number of nitrogens with one attached hydrogen (secondary N) is 1. The summed E-state index contributed by atoms with van der Waals surface area (Å²) >= 11 is 0. The quantitative estimate of drug-likeness (QED) is 0.296. The van der Waals surface area contributed by atoms with Crippen LogP contribution in [0.15, 0.2) is 35.3 Å². The van der Waals surface area contributed by atoms with Crippen LogP contribution in [0.4, 0.5) is 0 Å². The number of guanidine groups is 1. The van der Waals surface area contributed by atoms with Crippen molar-refractivity contribution >= 4 is 29.9 Å². The molecular formula is C19H30IN3O3. The zero-order chi connectivity index (χ0) is 17.3. The Kier molecular flexibility index (Phi) is 9.66. The van der Waals surface area contributed by atoms with Crippen LogP contribution in [0.1, 0.15) is 18.4 Å². The highest BCUT2D eigenvalue weighted by molar-refractivity contribution is 14.0. The second kappa shape index (κ2) is 11.7. The Bertz CT molecular complexity index is 538. The minimum atomic E-state index is 0. The molecule has 3 rings (SSSR count). The molecule has 0 radical (unpaired) electrons. The Morgan fingerprint density at radius 2 is 2.04 bits per heavy atom. The molecule has 26 heavy (non-hydrogen) atoms. The maximum absolute atomic E-state index is 5.90. The third-order valence-electron chi connectivity index (χ3n) is 4.63. The molecule has 2 aliphatic heterocycles. The molecule has 0 bridgehead atoms. The van der Waals surface area contributed by atoms with Crippen molar-refractivity contribution in [2.75, 3.05) is 46.5 Å². The second-order valence-corrected chi connectivity index (χ2v) is 6.42. The summed E-state index contributed by atoms with van der Waals surface area (Å²) in [6, 6.07) is 10.2. The average molecular weight is 475 g/mol. The van der Waals surface area contributed by atoms with Crippen molar-refractivity contribution in [2.45, 2.75) is 31.7 Å². The molecular weight excluding hydrogens is 445 g/mol. The molecule has 1 aromatic carbocycles. The first kappa shape index (κ1) is 21.4. The van der Waals surface area contributed by atoms with Crippen molar-refractivity contribution in [1.82, 2.24) is 10.2 Å². The molecule has 0 aliphatic carbocycles. The molecule has 7 heteroatoms. The molecule has 0 saturated carbocycles. The number of morpholine rings is 1. The highest BCUT2D eigenvalue weighted by Crippen LogP contribution is 2.20. The fraction of sp³-hybridized carbons (Fsp3) is 0.632. The molecule has 0 amide bonds. The van der Waals surface area contributed by atoms with Gasteiger partial charge in [-0.3, -0.25) is 4.99 Å². The van der Waals surface area contributed by atoms with Crippen molar-refractivity contribution in [3.63, 3.8) is 0 Å². The number of nitrogens with zero attached hydrogens (tertiary/aromatic N) is 2. The predicted octanol–water partition coefficient (Wildman–Crippen LogP) is 2.28. The summed E-state index contributed by atoms with van der Waals surface area (Å²) in [6.45, 7) is 5.28. The number of aliphatic imine (C=N–C) groups is 1. The Morgan fingerprint density at radius 3 is 2.77 bits per heavy atom. The van der Waals surface area contributed by atoms with Gasteiger partial charge in [0.05, 0.1) is 25.9 Å². The molecule has 2 unspecified atom stereocenters. The number of ether oxygens (including phenoxy) is 3. The average Bonchev–Trinajstić information content (AvgIpc) is 3.20. The van der Waals surface area contributed by atoms with E-state index >= 15 is 0 Å². The zero-order valence-electron chi connectivity index (χ0n) is 15.4. The van der Waals surface area contributed by atoms with Crippen LogP contribution >= 0.6 is 24.0 Å². The summed E-state index contributed by atoms with van der Waals surface area (Å²) in [7, 11) is 1.82. The normalized spacial score (nSPS) is 23.6. The lowest BCUT2D eigenvalue weighted by molar-refractivity contribution is -0.0817. The number of halogens is 1. The van der Waals surface area contributed by atoms with Gasteiger partial charge in [-0.1, -0.05) is 30.3 Å². The van der Waals surface area contributed by atoms with E-state index in [4.69, 9.17) is 14.2 Å².